The highest BCUT2D eigenvalue weighted by Gasteiger charge is 2.37. The van der Waals surface area contributed by atoms with Crippen molar-refractivity contribution in [2.45, 2.75) is 103 Å². The van der Waals surface area contributed by atoms with Gasteiger partial charge in [-0.2, -0.15) is 0 Å². The molecule has 1 aromatic heterocycles. The number of aryl methyl sites for hydroxylation is 5. The van der Waals surface area contributed by atoms with Gasteiger partial charge in [-0.05, 0) is 118 Å². The molecule has 1 atom stereocenters. The average Bonchev–Trinajstić information content (AvgIpc) is 3.69. The van der Waals surface area contributed by atoms with Gasteiger partial charge >= 0.3 is 17.7 Å². The van der Waals surface area contributed by atoms with Gasteiger partial charge in [0.2, 0.25) is 0 Å². The Morgan fingerprint density at radius 3 is 1.80 bits per heavy atom. The fraction of sp³-hybridized carbons (Fsp3) is 0.375. The Labute approximate surface area is 347 Å². The number of carbonyl (C=O) groups is 3. The lowest BCUT2D eigenvalue weighted by molar-refractivity contribution is -0.152. The van der Waals surface area contributed by atoms with Gasteiger partial charge in [0, 0.05) is 31.5 Å². The first-order valence-corrected chi connectivity index (χ1v) is 20.6. The summed E-state index contributed by atoms with van der Waals surface area (Å²) in [5, 5.41) is 12.0. The van der Waals surface area contributed by atoms with Gasteiger partial charge in [-0.1, -0.05) is 91.9 Å². The fourth-order valence-corrected chi connectivity index (χ4v) is 7.01. The maximum atomic E-state index is 12.9. The van der Waals surface area contributed by atoms with Crippen molar-refractivity contribution in [3.05, 3.63) is 154 Å². The second-order valence-electron chi connectivity index (χ2n) is 15.4. The number of aliphatic carboxylic acids is 1. The summed E-state index contributed by atoms with van der Waals surface area (Å²) in [4.78, 5) is 50.1. The number of hydrogen-bond acceptors (Lipinski definition) is 6. The molecule has 1 aliphatic heterocycles. The molecular weight excluding hydrogens is 745 g/mol. The molecule has 1 saturated heterocycles. The second kappa shape index (κ2) is 21.6. The predicted molar refractivity (Wildman–Crippen MR) is 230 cm³/mol. The normalized spacial score (nSPS) is 13.8. The molecule has 1 unspecified atom stereocenters. The van der Waals surface area contributed by atoms with Crippen molar-refractivity contribution in [3.8, 4) is 11.5 Å². The number of imide groups is 1. The number of carboxylic acid groups (broad SMARTS) is 1. The third-order valence-electron chi connectivity index (χ3n) is 10.5. The number of hydrogen-bond donors (Lipinski definition) is 2. The molecule has 0 spiro atoms. The van der Waals surface area contributed by atoms with E-state index < -0.39 is 17.6 Å². The number of aromatic nitrogens is 2. The average molecular weight is 803 g/mol. The van der Waals surface area contributed by atoms with Crippen LogP contribution in [0.1, 0.15) is 74.4 Å². The minimum atomic E-state index is -1.27. The van der Waals surface area contributed by atoms with Crippen LogP contribution in [0.15, 0.2) is 120 Å². The number of ether oxygens (including phenoxy) is 2. The number of nitrogens with one attached hydrogen (secondary N) is 1. The summed E-state index contributed by atoms with van der Waals surface area (Å²) in [5.74, 6) is 0.264. The zero-order valence-electron chi connectivity index (χ0n) is 34.8. The van der Waals surface area contributed by atoms with Gasteiger partial charge in [0.15, 0.2) is 5.60 Å². The Kier molecular flexibility index (Phi) is 16.1. The van der Waals surface area contributed by atoms with Crippen molar-refractivity contribution in [2.75, 3.05) is 13.7 Å². The first kappa shape index (κ1) is 44.0. The molecule has 5 aromatic rings. The number of urea groups is 1. The standard InChI is InChI=1S/C27H34N2O4.C21H24N2O3/c1-4-18-29-23(20-28(26(29)32)19-17-21-9-6-5-7-10-21)12-8-11-22-13-15-24(16-14-22)33-27(2,3)25(30)31;1-26-18-12-10-17(11-13-18)8-5-9-19-20(24)23(21(25)22-19)15-14-16-6-3-2-4-7-16/h5-7,9-10,13-16,20H,4,8,11-12,17-19H2,1-3H3,(H,30,31);2-4,6-7,10-13,19H,5,8-9,14-15H2,1H3,(H,22,25). The molecule has 0 radical (unpaired) electrons. The second-order valence-corrected chi connectivity index (χ2v) is 15.4. The lowest BCUT2D eigenvalue weighted by atomic mass is 10.0. The molecule has 0 aliphatic carbocycles. The monoisotopic (exact) mass is 802 g/mol. The Hall–Kier alpha value is -6.10. The van der Waals surface area contributed by atoms with E-state index in [4.69, 9.17) is 9.47 Å². The molecule has 0 bridgehead atoms. The molecule has 1 fully saturated rings. The molecule has 11 nitrogen and oxygen atoms in total. The first-order valence-electron chi connectivity index (χ1n) is 20.6. The zero-order chi connectivity index (χ0) is 42.2. The summed E-state index contributed by atoms with van der Waals surface area (Å²) >= 11 is 0. The van der Waals surface area contributed by atoms with Crippen molar-refractivity contribution in [1.82, 2.24) is 19.4 Å². The quantitative estimate of drug-likeness (QED) is 0.0765. The van der Waals surface area contributed by atoms with Crippen LogP contribution < -0.4 is 20.5 Å². The van der Waals surface area contributed by atoms with Crippen LogP contribution in [0.5, 0.6) is 11.5 Å². The maximum Gasteiger partial charge on any atom is 0.347 e. The largest absolute Gasteiger partial charge is 0.497 e. The Bertz CT molecular complexity index is 2140. The Balaban J connectivity index is 0.000000230. The minimum absolute atomic E-state index is 0.0744. The third kappa shape index (κ3) is 12.9. The topological polar surface area (TPSA) is 132 Å². The van der Waals surface area contributed by atoms with Gasteiger partial charge in [0.05, 0.1) is 7.11 Å². The molecule has 1 aliphatic rings. The summed E-state index contributed by atoms with van der Waals surface area (Å²) in [5.41, 5.74) is 4.60. The van der Waals surface area contributed by atoms with Crippen molar-refractivity contribution < 1.29 is 29.0 Å². The summed E-state index contributed by atoms with van der Waals surface area (Å²) in [6, 6.07) is 34.9. The van der Waals surface area contributed by atoms with Crippen LogP contribution in [0.25, 0.3) is 0 Å². The minimum Gasteiger partial charge on any atom is -0.497 e. The van der Waals surface area contributed by atoms with E-state index in [0.29, 0.717) is 31.7 Å². The van der Waals surface area contributed by atoms with Crippen molar-refractivity contribution >= 4 is 17.9 Å². The molecule has 11 heteroatoms. The van der Waals surface area contributed by atoms with Gasteiger partial charge in [0.1, 0.15) is 17.5 Å². The molecular formula is C48H58N4O7. The molecule has 3 amide bonds. The molecule has 2 N–H and O–H groups in total. The van der Waals surface area contributed by atoms with Gasteiger partial charge in [-0.25, -0.2) is 14.4 Å². The van der Waals surface area contributed by atoms with Crippen LogP contribution in [-0.2, 0) is 54.8 Å². The Morgan fingerprint density at radius 1 is 0.695 bits per heavy atom. The lowest BCUT2D eigenvalue weighted by Gasteiger charge is -2.21. The van der Waals surface area contributed by atoms with Gasteiger partial charge in [-0.15, -0.1) is 0 Å². The maximum absolute atomic E-state index is 12.9. The van der Waals surface area contributed by atoms with Crippen molar-refractivity contribution in [1.29, 1.82) is 0 Å². The highest BCUT2D eigenvalue weighted by Crippen LogP contribution is 2.21. The number of amides is 3. The molecule has 312 valence electrons. The third-order valence-corrected chi connectivity index (χ3v) is 10.5. The van der Waals surface area contributed by atoms with E-state index in [2.05, 4.69) is 24.4 Å². The van der Waals surface area contributed by atoms with Crippen LogP contribution in [0, 0.1) is 0 Å². The SMILES string of the molecule is CCCn1c(CCCc2ccc(OC(C)(C)C(=O)O)cc2)cn(CCc2ccccc2)c1=O.COc1ccc(CCCC2NC(=O)N(CCc3ccccc3)C2=O)cc1. The van der Waals surface area contributed by atoms with Crippen molar-refractivity contribution in [2.24, 2.45) is 0 Å². The zero-order valence-corrected chi connectivity index (χ0v) is 34.8. The van der Waals surface area contributed by atoms with Crippen LogP contribution in [0.4, 0.5) is 4.79 Å². The predicted octanol–water partition coefficient (Wildman–Crippen LogP) is 7.90. The van der Waals surface area contributed by atoms with Crippen LogP contribution in [-0.4, -0.2) is 62.3 Å². The Morgan fingerprint density at radius 2 is 1.24 bits per heavy atom. The number of nitrogens with zero attached hydrogens (tertiary/aromatic N) is 3. The highest BCUT2D eigenvalue weighted by molar-refractivity contribution is 6.04. The van der Waals surface area contributed by atoms with E-state index in [1.54, 1.807) is 7.11 Å². The van der Waals surface area contributed by atoms with E-state index in [1.165, 1.54) is 29.9 Å². The van der Waals surface area contributed by atoms with E-state index in [1.807, 2.05) is 112 Å². The van der Waals surface area contributed by atoms with E-state index in [0.717, 1.165) is 74.1 Å². The van der Waals surface area contributed by atoms with Crippen LogP contribution >= 0.6 is 0 Å². The molecule has 0 saturated carbocycles. The van der Waals surface area contributed by atoms with Gasteiger partial charge < -0.3 is 19.9 Å². The highest BCUT2D eigenvalue weighted by atomic mass is 16.5. The van der Waals surface area contributed by atoms with Crippen molar-refractivity contribution in [3.63, 3.8) is 0 Å². The van der Waals surface area contributed by atoms with Gasteiger partial charge in [0.25, 0.3) is 5.91 Å². The number of carbonyl (C=O) groups excluding carboxylic acids is 2. The van der Waals surface area contributed by atoms with E-state index >= 15 is 0 Å². The van der Waals surface area contributed by atoms with Crippen LogP contribution in [0.3, 0.4) is 0 Å². The van der Waals surface area contributed by atoms with E-state index in [-0.39, 0.29) is 17.6 Å². The number of carboxylic acids is 1. The molecule has 4 aromatic carbocycles. The summed E-state index contributed by atoms with van der Waals surface area (Å²) in [7, 11) is 1.65. The summed E-state index contributed by atoms with van der Waals surface area (Å²) in [6.45, 7) is 6.99. The number of imidazole rings is 1. The van der Waals surface area contributed by atoms with E-state index in [9.17, 15) is 24.3 Å². The van der Waals surface area contributed by atoms with Crippen LogP contribution in [0.2, 0.25) is 0 Å². The molecule has 59 heavy (non-hydrogen) atoms. The smallest absolute Gasteiger partial charge is 0.347 e. The lowest BCUT2D eigenvalue weighted by Crippen LogP contribution is -2.37. The number of methoxy groups -OCH3 is 1. The van der Waals surface area contributed by atoms with Gasteiger partial charge in [-0.3, -0.25) is 18.8 Å². The molecule has 2 heterocycles. The fourth-order valence-electron chi connectivity index (χ4n) is 7.01. The number of benzene rings is 4. The summed E-state index contributed by atoms with van der Waals surface area (Å²) < 4.78 is 14.5. The number of rotatable bonds is 20. The molecule has 6 rings (SSSR count). The summed E-state index contributed by atoms with van der Waals surface area (Å²) in [6.07, 6.45) is 9.45. The first-order chi connectivity index (χ1) is 28.5.